The molecule has 1 aromatic carbocycles. The molecule has 2 fully saturated rings. The van der Waals surface area contributed by atoms with Gasteiger partial charge in [-0.2, -0.15) is 0 Å². The van der Waals surface area contributed by atoms with E-state index < -0.39 is 0 Å². The van der Waals surface area contributed by atoms with Gasteiger partial charge in [0, 0.05) is 29.5 Å². The van der Waals surface area contributed by atoms with Gasteiger partial charge in [0.05, 0.1) is 6.54 Å². The smallest absolute Gasteiger partial charge is 0.229 e. The fraction of sp³-hybridized carbons (Fsp3) is 0.556. The van der Waals surface area contributed by atoms with E-state index in [0.29, 0.717) is 24.6 Å². The summed E-state index contributed by atoms with van der Waals surface area (Å²) in [5.41, 5.74) is 3.54. The Kier molecular flexibility index (Phi) is 5.07. The van der Waals surface area contributed by atoms with Gasteiger partial charge < -0.3 is 5.32 Å². The Hall–Kier alpha value is -1.33. The lowest BCUT2D eigenvalue weighted by molar-refractivity contribution is -0.139. The minimum atomic E-state index is -0.0376. The number of thioether (sulfide) groups is 1. The number of carbonyl (C=O) groups is 2. The number of carbonyl (C=O) groups excluding carboxylic acids is 2. The van der Waals surface area contributed by atoms with Crippen LogP contribution >= 0.6 is 11.8 Å². The second kappa shape index (κ2) is 7.05. The lowest BCUT2D eigenvalue weighted by Gasteiger charge is -2.25. The highest BCUT2D eigenvalue weighted by Crippen LogP contribution is 2.35. The number of hydrogen-bond acceptors (Lipinski definition) is 4. The summed E-state index contributed by atoms with van der Waals surface area (Å²) < 4.78 is 0. The molecule has 3 rings (SSSR count). The van der Waals surface area contributed by atoms with Gasteiger partial charge in [0.25, 0.3) is 0 Å². The van der Waals surface area contributed by atoms with Crippen molar-refractivity contribution >= 4 is 23.6 Å². The molecular formula is C18H24N2O2S. The van der Waals surface area contributed by atoms with Crippen molar-refractivity contribution in [2.75, 3.05) is 13.1 Å². The molecule has 0 radical (unpaired) electrons. The number of nitrogens with one attached hydrogen (secondary N) is 1. The van der Waals surface area contributed by atoms with Gasteiger partial charge in [-0.3, -0.25) is 14.5 Å². The summed E-state index contributed by atoms with van der Waals surface area (Å²) >= 11 is 1.90. The highest BCUT2D eigenvalue weighted by molar-refractivity contribution is 8.00. The zero-order valence-corrected chi connectivity index (χ0v) is 14.7. The Bertz CT molecular complexity index is 608. The number of rotatable bonds is 4. The Morgan fingerprint density at radius 3 is 2.61 bits per heavy atom. The predicted octanol–water partition coefficient (Wildman–Crippen LogP) is 2.80. The van der Waals surface area contributed by atoms with Gasteiger partial charge in [-0.15, -0.1) is 11.8 Å². The molecular weight excluding hydrogens is 308 g/mol. The highest BCUT2D eigenvalue weighted by atomic mass is 32.2. The molecule has 1 N–H and O–H groups in total. The van der Waals surface area contributed by atoms with Crippen LogP contribution in [0, 0.1) is 13.8 Å². The lowest BCUT2D eigenvalue weighted by atomic mass is 10.1. The van der Waals surface area contributed by atoms with Crippen molar-refractivity contribution in [1.29, 1.82) is 0 Å². The molecule has 0 bridgehead atoms. The van der Waals surface area contributed by atoms with E-state index in [1.165, 1.54) is 33.8 Å². The van der Waals surface area contributed by atoms with Crippen molar-refractivity contribution < 1.29 is 9.59 Å². The molecule has 0 spiro atoms. The number of piperidine rings is 1. The van der Waals surface area contributed by atoms with E-state index in [1.54, 1.807) is 0 Å². The standard InChI is InChI=1S/C18H24N2O2S/c1-12-8-13(2)18(23-15-4-3-7-19-10-15)14(9-12)11-20-16(21)5-6-17(20)22/h8-9,15,19H,3-7,10-11H2,1-2H3. The van der Waals surface area contributed by atoms with Crippen LogP contribution in [0.5, 0.6) is 0 Å². The summed E-state index contributed by atoms with van der Waals surface area (Å²) in [5.74, 6) is -0.0751. The number of amides is 2. The van der Waals surface area contributed by atoms with E-state index in [0.717, 1.165) is 18.7 Å². The maximum absolute atomic E-state index is 11.9. The fourth-order valence-electron chi connectivity index (χ4n) is 3.39. The average molecular weight is 332 g/mol. The molecule has 2 saturated heterocycles. The molecule has 0 aliphatic carbocycles. The summed E-state index contributed by atoms with van der Waals surface area (Å²) in [7, 11) is 0. The topological polar surface area (TPSA) is 49.4 Å². The number of benzene rings is 1. The van der Waals surface area contributed by atoms with E-state index in [9.17, 15) is 9.59 Å². The zero-order chi connectivity index (χ0) is 16.4. The molecule has 0 saturated carbocycles. The van der Waals surface area contributed by atoms with E-state index >= 15 is 0 Å². The summed E-state index contributed by atoms with van der Waals surface area (Å²) in [4.78, 5) is 26.6. The molecule has 5 heteroatoms. The first kappa shape index (κ1) is 16.5. The molecule has 2 aliphatic heterocycles. The third-order valence-electron chi connectivity index (χ3n) is 4.52. The highest BCUT2D eigenvalue weighted by Gasteiger charge is 2.30. The summed E-state index contributed by atoms with van der Waals surface area (Å²) in [6.45, 7) is 6.75. The van der Waals surface area contributed by atoms with Gasteiger partial charge in [-0.1, -0.05) is 17.7 Å². The number of likely N-dealkylation sites (tertiary alicyclic amines) is 1. The molecule has 1 aromatic rings. The Morgan fingerprint density at radius 2 is 1.96 bits per heavy atom. The van der Waals surface area contributed by atoms with Crippen LogP contribution in [0.2, 0.25) is 0 Å². The molecule has 0 aromatic heterocycles. The zero-order valence-electron chi connectivity index (χ0n) is 13.9. The van der Waals surface area contributed by atoms with Crippen LogP contribution < -0.4 is 5.32 Å². The number of hydrogen-bond donors (Lipinski definition) is 1. The summed E-state index contributed by atoms with van der Waals surface area (Å²) in [6, 6.07) is 4.32. The fourth-order valence-corrected chi connectivity index (χ4v) is 4.72. The quantitative estimate of drug-likeness (QED) is 0.862. The Labute approximate surface area is 142 Å². The monoisotopic (exact) mass is 332 g/mol. The first-order valence-corrected chi connectivity index (χ1v) is 9.23. The van der Waals surface area contributed by atoms with Crippen LogP contribution in [-0.2, 0) is 16.1 Å². The molecule has 1 unspecified atom stereocenters. The number of aryl methyl sites for hydroxylation is 2. The van der Waals surface area contributed by atoms with Crippen molar-refractivity contribution in [3.8, 4) is 0 Å². The maximum atomic E-state index is 11.9. The third-order valence-corrected chi connectivity index (χ3v) is 6.07. The molecule has 1 atom stereocenters. The molecule has 23 heavy (non-hydrogen) atoms. The van der Waals surface area contributed by atoms with Crippen LogP contribution in [0.15, 0.2) is 17.0 Å². The summed E-state index contributed by atoms with van der Waals surface area (Å²) in [6.07, 6.45) is 3.14. The third kappa shape index (κ3) is 3.78. The van der Waals surface area contributed by atoms with Crippen LogP contribution in [0.1, 0.15) is 42.4 Å². The van der Waals surface area contributed by atoms with Crippen molar-refractivity contribution in [1.82, 2.24) is 10.2 Å². The van der Waals surface area contributed by atoms with Gasteiger partial charge in [-0.25, -0.2) is 0 Å². The van der Waals surface area contributed by atoms with Crippen LogP contribution in [0.3, 0.4) is 0 Å². The van der Waals surface area contributed by atoms with Gasteiger partial charge in [-0.05, 0) is 44.4 Å². The molecule has 2 aliphatic rings. The van der Waals surface area contributed by atoms with Crippen LogP contribution in [0.4, 0.5) is 0 Å². The minimum Gasteiger partial charge on any atom is -0.316 e. The second-order valence-electron chi connectivity index (χ2n) is 6.53. The van der Waals surface area contributed by atoms with Crippen LogP contribution in [0.25, 0.3) is 0 Å². The normalized spacial score (nSPS) is 22.0. The first-order chi connectivity index (χ1) is 11.0. The number of nitrogens with zero attached hydrogens (tertiary/aromatic N) is 1. The first-order valence-electron chi connectivity index (χ1n) is 8.35. The van der Waals surface area contributed by atoms with Crippen molar-refractivity contribution in [2.24, 2.45) is 0 Å². The van der Waals surface area contributed by atoms with Crippen LogP contribution in [-0.4, -0.2) is 35.1 Å². The Morgan fingerprint density at radius 1 is 1.22 bits per heavy atom. The molecule has 2 amide bonds. The Balaban J connectivity index is 1.85. The predicted molar refractivity (Wildman–Crippen MR) is 92.5 cm³/mol. The van der Waals surface area contributed by atoms with E-state index in [-0.39, 0.29) is 11.8 Å². The SMILES string of the molecule is Cc1cc(C)c(SC2CCCNC2)c(CN2C(=O)CCC2=O)c1. The van der Waals surface area contributed by atoms with Gasteiger partial charge in [0.2, 0.25) is 11.8 Å². The van der Waals surface area contributed by atoms with Gasteiger partial charge in [0.1, 0.15) is 0 Å². The maximum Gasteiger partial charge on any atom is 0.229 e. The molecule has 2 heterocycles. The summed E-state index contributed by atoms with van der Waals surface area (Å²) in [5, 5.41) is 4.02. The van der Waals surface area contributed by atoms with Crippen molar-refractivity contribution in [2.45, 2.75) is 56.2 Å². The average Bonchev–Trinajstić information content (AvgIpc) is 2.83. The second-order valence-corrected chi connectivity index (χ2v) is 7.84. The van der Waals surface area contributed by atoms with Gasteiger partial charge in [0.15, 0.2) is 0 Å². The van der Waals surface area contributed by atoms with Crippen molar-refractivity contribution in [3.05, 3.63) is 28.8 Å². The number of imide groups is 1. The van der Waals surface area contributed by atoms with E-state index in [2.05, 4.69) is 31.3 Å². The molecule has 4 nitrogen and oxygen atoms in total. The largest absolute Gasteiger partial charge is 0.316 e. The van der Waals surface area contributed by atoms with Crippen molar-refractivity contribution in [3.63, 3.8) is 0 Å². The lowest BCUT2D eigenvalue weighted by Crippen LogP contribution is -2.32. The molecule has 124 valence electrons. The van der Waals surface area contributed by atoms with Gasteiger partial charge >= 0.3 is 0 Å². The van der Waals surface area contributed by atoms with E-state index in [1.807, 2.05) is 11.8 Å². The van der Waals surface area contributed by atoms with E-state index in [4.69, 9.17) is 0 Å². The minimum absolute atomic E-state index is 0.0376.